The molecule has 0 spiro atoms. The largest absolute Gasteiger partial charge is 0.378 e. The van der Waals surface area contributed by atoms with Crippen LogP contribution in [0.15, 0.2) is 54.0 Å². The lowest BCUT2D eigenvalue weighted by Gasteiger charge is -2.34. The summed E-state index contributed by atoms with van der Waals surface area (Å²) in [5.41, 5.74) is 3.49. The lowest BCUT2D eigenvalue weighted by atomic mass is 9.70. The first-order valence-corrected chi connectivity index (χ1v) is 11.1. The van der Waals surface area contributed by atoms with Crippen LogP contribution in [-0.4, -0.2) is 42.4 Å². The van der Waals surface area contributed by atoms with Gasteiger partial charge in [0.2, 0.25) is 11.0 Å². The van der Waals surface area contributed by atoms with Crippen LogP contribution in [0.25, 0.3) is 0 Å². The van der Waals surface area contributed by atoms with Gasteiger partial charge in [-0.15, -0.1) is 10.2 Å². The van der Waals surface area contributed by atoms with Crippen LogP contribution in [0.3, 0.4) is 0 Å². The number of anilines is 2. The Kier molecular flexibility index (Phi) is 6.29. The van der Waals surface area contributed by atoms with E-state index in [4.69, 9.17) is 4.74 Å². The number of carbonyl (C=O) groups is 1. The van der Waals surface area contributed by atoms with Crippen molar-refractivity contribution in [3.05, 3.63) is 71.0 Å². The molecule has 162 valence electrons. The van der Waals surface area contributed by atoms with Crippen molar-refractivity contribution in [2.24, 2.45) is 5.41 Å². The fourth-order valence-corrected chi connectivity index (χ4v) is 4.47. The van der Waals surface area contributed by atoms with E-state index in [-0.39, 0.29) is 17.6 Å². The molecule has 3 aromatic rings. The zero-order valence-electron chi connectivity index (χ0n) is 17.5. The number of rotatable bonds is 6. The maximum atomic E-state index is 14.1. The number of aromatic nitrogens is 2. The number of halogens is 1. The number of hydrogen-bond donors (Lipinski definition) is 1. The summed E-state index contributed by atoms with van der Waals surface area (Å²) in [7, 11) is 0. The van der Waals surface area contributed by atoms with Crippen LogP contribution in [0.2, 0.25) is 0 Å². The van der Waals surface area contributed by atoms with Crippen molar-refractivity contribution in [1.29, 1.82) is 0 Å². The Hall–Kier alpha value is -2.84. The lowest BCUT2D eigenvalue weighted by Crippen LogP contribution is -2.37. The first-order chi connectivity index (χ1) is 14.9. The molecule has 2 heterocycles. The molecule has 4 rings (SSSR count). The molecule has 1 aliphatic rings. The molecular formula is C23H25FN4O2S. The maximum absolute atomic E-state index is 14.1. The SMILES string of the molecule is CC(C)(C(=O)Nc1nncs1)C(c1ccc(N2CCOCC2)cc1)c1cccc(F)c1. The van der Waals surface area contributed by atoms with E-state index in [0.29, 0.717) is 18.3 Å². The van der Waals surface area contributed by atoms with E-state index < -0.39 is 5.41 Å². The quantitative estimate of drug-likeness (QED) is 0.619. The minimum atomic E-state index is -0.875. The van der Waals surface area contributed by atoms with Crippen LogP contribution in [0, 0.1) is 11.2 Å². The number of nitrogens with zero attached hydrogens (tertiary/aromatic N) is 3. The fraction of sp³-hybridized carbons (Fsp3) is 0.348. The van der Waals surface area contributed by atoms with E-state index in [0.717, 1.165) is 29.9 Å². The maximum Gasteiger partial charge on any atom is 0.232 e. The first kappa shape index (κ1) is 21.4. The third-order valence-electron chi connectivity index (χ3n) is 5.67. The van der Waals surface area contributed by atoms with Crippen LogP contribution in [0.4, 0.5) is 15.2 Å². The average Bonchev–Trinajstić information content (AvgIpc) is 3.28. The molecule has 1 unspecified atom stereocenters. The molecule has 1 fully saturated rings. The van der Waals surface area contributed by atoms with Crippen molar-refractivity contribution in [2.45, 2.75) is 19.8 Å². The van der Waals surface area contributed by atoms with Crippen molar-refractivity contribution in [1.82, 2.24) is 10.2 Å². The smallest absolute Gasteiger partial charge is 0.232 e. The highest BCUT2D eigenvalue weighted by Gasteiger charge is 2.39. The molecule has 1 aromatic heterocycles. The Balaban J connectivity index is 1.68. The number of amides is 1. The topological polar surface area (TPSA) is 67.4 Å². The molecule has 1 amide bonds. The zero-order valence-corrected chi connectivity index (χ0v) is 18.4. The van der Waals surface area contributed by atoms with Gasteiger partial charge in [0.1, 0.15) is 11.3 Å². The fourth-order valence-electron chi connectivity index (χ4n) is 4.03. The highest BCUT2D eigenvalue weighted by molar-refractivity contribution is 7.13. The van der Waals surface area contributed by atoms with Gasteiger partial charge in [-0.3, -0.25) is 4.79 Å². The molecule has 0 bridgehead atoms. The summed E-state index contributed by atoms with van der Waals surface area (Å²) >= 11 is 1.26. The highest BCUT2D eigenvalue weighted by Crippen LogP contribution is 2.42. The molecule has 8 heteroatoms. The molecule has 1 saturated heterocycles. The summed E-state index contributed by atoms with van der Waals surface area (Å²) < 4.78 is 19.5. The molecule has 0 saturated carbocycles. The third-order valence-corrected chi connectivity index (χ3v) is 6.28. The molecule has 1 N–H and O–H groups in total. The monoisotopic (exact) mass is 440 g/mol. The minimum absolute atomic E-state index is 0.198. The normalized spacial score (nSPS) is 15.5. The van der Waals surface area contributed by atoms with Crippen LogP contribution in [-0.2, 0) is 9.53 Å². The Morgan fingerprint density at radius 2 is 1.90 bits per heavy atom. The Bertz CT molecular complexity index is 1020. The Labute approximate surface area is 185 Å². The van der Waals surface area contributed by atoms with Gasteiger partial charge in [-0.25, -0.2) is 4.39 Å². The predicted octanol–water partition coefficient (Wildman–Crippen LogP) is 4.31. The molecular weight excluding hydrogens is 415 g/mol. The van der Waals surface area contributed by atoms with Crippen molar-refractivity contribution in [3.8, 4) is 0 Å². The first-order valence-electron chi connectivity index (χ1n) is 10.2. The van der Waals surface area contributed by atoms with Gasteiger partial charge >= 0.3 is 0 Å². The summed E-state index contributed by atoms with van der Waals surface area (Å²) in [5, 5.41) is 11.0. The number of ether oxygens (including phenoxy) is 1. The Morgan fingerprint density at radius 3 is 2.55 bits per heavy atom. The number of morpholine rings is 1. The van der Waals surface area contributed by atoms with Crippen LogP contribution >= 0.6 is 11.3 Å². The van der Waals surface area contributed by atoms with Gasteiger partial charge in [-0.05, 0) is 35.4 Å². The molecule has 1 aliphatic heterocycles. The summed E-state index contributed by atoms with van der Waals surface area (Å²) in [4.78, 5) is 15.5. The number of hydrogen-bond acceptors (Lipinski definition) is 6. The van der Waals surface area contributed by atoms with Gasteiger partial charge in [0.05, 0.1) is 18.6 Å². The summed E-state index contributed by atoms with van der Waals surface area (Å²) in [5.74, 6) is -0.876. The minimum Gasteiger partial charge on any atom is -0.378 e. The second-order valence-electron chi connectivity index (χ2n) is 8.10. The van der Waals surface area contributed by atoms with E-state index in [2.05, 4.69) is 32.5 Å². The van der Waals surface area contributed by atoms with Crippen molar-refractivity contribution < 1.29 is 13.9 Å². The van der Waals surface area contributed by atoms with Gasteiger partial charge in [0.15, 0.2) is 0 Å². The molecule has 6 nitrogen and oxygen atoms in total. The van der Waals surface area contributed by atoms with Gasteiger partial charge in [-0.2, -0.15) is 0 Å². The standard InChI is InChI=1S/C23H25FN4O2S/c1-23(2,21(29)26-22-27-25-15-31-22)20(17-4-3-5-18(24)14-17)16-6-8-19(9-7-16)28-10-12-30-13-11-28/h3-9,14-15,20H,10-13H2,1-2H3,(H,26,27,29). The summed E-state index contributed by atoms with van der Waals surface area (Å²) in [6.45, 7) is 6.87. The van der Waals surface area contributed by atoms with E-state index >= 15 is 0 Å². The molecule has 2 aromatic carbocycles. The van der Waals surface area contributed by atoms with Gasteiger partial charge in [-0.1, -0.05) is 49.4 Å². The van der Waals surface area contributed by atoms with E-state index in [1.54, 1.807) is 11.6 Å². The van der Waals surface area contributed by atoms with Crippen LogP contribution in [0.1, 0.15) is 30.9 Å². The van der Waals surface area contributed by atoms with Gasteiger partial charge in [0, 0.05) is 24.7 Å². The second-order valence-corrected chi connectivity index (χ2v) is 8.93. The average molecular weight is 441 g/mol. The lowest BCUT2D eigenvalue weighted by molar-refractivity contribution is -0.124. The third kappa shape index (κ3) is 4.75. The molecule has 0 radical (unpaired) electrons. The van der Waals surface area contributed by atoms with Crippen molar-refractivity contribution in [2.75, 3.05) is 36.5 Å². The molecule has 1 atom stereocenters. The van der Waals surface area contributed by atoms with E-state index in [1.807, 2.05) is 32.0 Å². The number of benzene rings is 2. The zero-order chi connectivity index (χ0) is 21.8. The highest BCUT2D eigenvalue weighted by atomic mass is 32.1. The van der Waals surface area contributed by atoms with Gasteiger partial charge in [0.25, 0.3) is 0 Å². The van der Waals surface area contributed by atoms with E-state index in [9.17, 15) is 9.18 Å². The number of nitrogens with one attached hydrogen (secondary N) is 1. The predicted molar refractivity (Wildman–Crippen MR) is 120 cm³/mol. The summed E-state index contributed by atoms with van der Waals surface area (Å²) in [6, 6.07) is 14.6. The molecule has 0 aliphatic carbocycles. The van der Waals surface area contributed by atoms with Gasteiger partial charge < -0.3 is 15.0 Å². The molecule has 31 heavy (non-hydrogen) atoms. The van der Waals surface area contributed by atoms with Crippen LogP contribution < -0.4 is 10.2 Å². The second kappa shape index (κ2) is 9.11. The Morgan fingerprint density at radius 1 is 1.16 bits per heavy atom. The van der Waals surface area contributed by atoms with Crippen LogP contribution in [0.5, 0.6) is 0 Å². The van der Waals surface area contributed by atoms with E-state index in [1.165, 1.54) is 23.5 Å². The number of carbonyl (C=O) groups excluding carboxylic acids is 1. The summed E-state index contributed by atoms with van der Waals surface area (Å²) in [6.07, 6.45) is 0. The van der Waals surface area contributed by atoms with Crippen molar-refractivity contribution >= 4 is 28.1 Å². The van der Waals surface area contributed by atoms with Crippen molar-refractivity contribution in [3.63, 3.8) is 0 Å².